The van der Waals surface area contributed by atoms with Gasteiger partial charge in [0.25, 0.3) is 0 Å². The van der Waals surface area contributed by atoms with Gasteiger partial charge in [0.05, 0.1) is 17.7 Å². The van der Waals surface area contributed by atoms with Crippen LogP contribution < -0.4 is 14.8 Å². The highest BCUT2D eigenvalue weighted by Crippen LogP contribution is 2.23. The van der Waals surface area contributed by atoms with Gasteiger partial charge >= 0.3 is 0 Å². The summed E-state index contributed by atoms with van der Waals surface area (Å²) in [5.74, 6) is 1.14. The van der Waals surface area contributed by atoms with Gasteiger partial charge in [-0.2, -0.15) is 0 Å². The molecule has 0 aliphatic carbocycles. The highest BCUT2D eigenvalue weighted by atomic mass is 32.2. The van der Waals surface area contributed by atoms with E-state index >= 15 is 0 Å². The van der Waals surface area contributed by atoms with Crippen LogP contribution >= 0.6 is 0 Å². The molecule has 2 aromatic carbocycles. The van der Waals surface area contributed by atoms with E-state index in [0.717, 1.165) is 30.0 Å². The van der Waals surface area contributed by atoms with Gasteiger partial charge in [0.1, 0.15) is 5.75 Å². The number of ether oxygens (including phenoxy) is 1. The molecule has 0 spiro atoms. The Balaban J connectivity index is 1.72. The molecule has 164 valence electrons. The van der Waals surface area contributed by atoms with Crippen LogP contribution in [0.5, 0.6) is 5.75 Å². The van der Waals surface area contributed by atoms with E-state index in [1.54, 1.807) is 37.6 Å². The minimum absolute atomic E-state index is 0.189. The van der Waals surface area contributed by atoms with E-state index in [1.807, 2.05) is 49.3 Å². The van der Waals surface area contributed by atoms with Gasteiger partial charge in [0, 0.05) is 24.0 Å². The van der Waals surface area contributed by atoms with Crippen molar-refractivity contribution in [2.24, 2.45) is 0 Å². The summed E-state index contributed by atoms with van der Waals surface area (Å²) in [6.07, 6.45) is 2.39. The summed E-state index contributed by atoms with van der Waals surface area (Å²) in [6, 6.07) is 16.0. The normalized spacial score (nSPS) is 11.5. The molecule has 0 atom stereocenters. The van der Waals surface area contributed by atoms with Crippen LogP contribution in [0.4, 0.5) is 11.6 Å². The minimum Gasteiger partial charge on any atom is -0.497 e. The molecule has 2 N–H and O–H groups in total. The Hall–Kier alpha value is -3.01. The van der Waals surface area contributed by atoms with E-state index < -0.39 is 10.0 Å². The zero-order chi connectivity index (χ0) is 22.3. The monoisotopic (exact) mass is 441 g/mol. The number of methoxy groups -OCH3 is 1. The molecule has 31 heavy (non-hydrogen) atoms. The average molecular weight is 442 g/mol. The van der Waals surface area contributed by atoms with E-state index in [2.05, 4.69) is 20.0 Å². The summed E-state index contributed by atoms with van der Waals surface area (Å²) in [4.78, 5) is 11.0. The third kappa shape index (κ3) is 6.48. The minimum atomic E-state index is -3.59. The number of anilines is 2. The largest absolute Gasteiger partial charge is 0.497 e. The maximum absolute atomic E-state index is 12.6. The number of nitrogens with one attached hydrogen (secondary N) is 2. The predicted octanol–water partition coefficient (Wildman–Crippen LogP) is 3.13. The molecule has 9 heteroatoms. The van der Waals surface area contributed by atoms with Crippen LogP contribution in [0, 0.1) is 0 Å². The molecule has 3 rings (SSSR count). The first-order valence-corrected chi connectivity index (χ1v) is 11.3. The third-order valence-corrected chi connectivity index (χ3v) is 5.97. The van der Waals surface area contributed by atoms with E-state index in [9.17, 15) is 8.42 Å². The second-order valence-electron chi connectivity index (χ2n) is 7.20. The van der Waals surface area contributed by atoms with Crippen molar-refractivity contribution >= 4 is 21.7 Å². The molecular formula is C22H27N5O3S. The predicted molar refractivity (Wildman–Crippen MR) is 122 cm³/mol. The number of benzene rings is 2. The number of rotatable bonds is 10. The molecule has 0 saturated carbocycles. The number of aromatic nitrogens is 2. The maximum atomic E-state index is 12.6. The lowest BCUT2D eigenvalue weighted by Gasteiger charge is -2.11. The van der Waals surface area contributed by atoms with Gasteiger partial charge < -0.3 is 15.0 Å². The second-order valence-corrected chi connectivity index (χ2v) is 8.97. The first-order chi connectivity index (χ1) is 14.9. The van der Waals surface area contributed by atoms with Crippen LogP contribution in [-0.4, -0.2) is 57.6 Å². The van der Waals surface area contributed by atoms with Gasteiger partial charge in [-0.15, -0.1) is 0 Å². The lowest BCUT2D eigenvalue weighted by atomic mass is 10.1. The highest BCUT2D eigenvalue weighted by Gasteiger charge is 2.14. The molecular weight excluding hydrogens is 414 g/mol. The zero-order valence-electron chi connectivity index (χ0n) is 17.9. The van der Waals surface area contributed by atoms with Crippen LogP contribution in [0.3, 0.4) is 0 Å². The Bertz CT molecular complexity index is 1100. The summed E-state index contributed by atoms with van der Waals surface area (Å²) >= 11 is 0. The Labute approximate surface area is 183 Å². The molecule has 0 amide bonds. The van der Waals surface area contributed by atoms with Gasteiger partial charge in [-0.1, -0.05) is 6.07 Å². The molecule has 1 aromatic heterocycles. The van der Waals surface area contributed by atoms with Crippen LogP contribution in [-0.2, 0) is 10.0 Å². The van der Waals surface area contributed by atoms with Crippen molar-refractivity contribution in [3.8, 4) is 17.0 Å². The smallest absolute Gasteiger partial charge is 0.240 e. The Morgan fingerprint density at radius 1 is 1.06 bits per heavy atom. The van der Waals surface area contributed by atoms with E-state index in [-0.39, 0.29) is 4.90 Å². The zero-order valence-corrected chi connectivity index (χ0v) is 18.7. The second kappa shape index (κ2) is 10.3. The first kappa shape index (κ1) is 22.7. The fourth-order valence-corrected chi connectivity index (χ4v) is 4.02. The molecule has 3 aromatic rings. The fraction of sp³-hybridized carbons (Fsp3) is 0.273. The van der Waals surface area contributed by atoms with Crippen molar-refractivity contribution in [1.29, 1.82) is 0 Å². The molecule has 0 unspecified atom stereocenters. The van der Waals surface area contributed by atoms with Crippen molar-refractivity contribution in [2.45, 2.75) is 11.3 Å². The SMILES string of the molecule is COc1ccc(-c2ccnc(Nc3cccc(S(=O)(=O)NCCCN(C)C)c3)n2)cc1. The van der Waals surface area contributed by atoms with Crippen LogP contribution in [0.1, 0.15) is 6.42 Å². The van der Waals surface area contributed by atoms with Gasteiger partial charge in [-0.05, 0) is 75.6 Å². The number of hydrogen-bond acceptors (Lipinski definition) is 7. The van der Waals surface area contributed by atoms with Crippen molar-refractivity contribution < 1.29 is 13.2 Å². The van der Waals surface area contributed by atoms with Gasteiger partial charge in [-0.25, -0.2) is 23.1 Å². The standard InChI is InChI=1S/C22H27N5O3S/c1-27(2)15-5-13-24-31(28,29)20-7-4-6-18(16-20)25-22-23-14-12-21(26-22)17-8-10-19(30-3)11-9-17/h4,6-12,14,16,24H,5,13,15H2,1-3H3,(H,23,25,26). The summed E-state index contributed by atoms with van der Waals surface area (Å²) in [6.45, 7) is 1.19. The molecule has 0 aliphatic heterocycles. The Morgan fingerprint density at radius 2 is 1.84 bits per heavy atom. The number of sulfonamides is 1. The lowest BCUT2D eigenvalue weighted by Crippen LogP contribution is -2.27. The maximum Gasteiger partial charge on any atom is 0.240 e. The third-order valence-electron chi connectivity index (χ3n) is 4.52. The Kier molecular flexibility index (Phi) is 7.56. The molecule has 0 fully saturated rings. The summed E-state index contributed by atoms with van der Waals surface area (Å²) < 4.78 is 33.0. The highest BCUT2D eigenvalue weighted by molar-refractivity contribution is 7.89. The quantitative estimate of drug-likeness (QED) is 0.467. The number of hydrogen-bond donors (Lipinski definition) is 2. The van der Waals surface area contributed by atoms with Crippen LogP contribution in [0.2, 0.25) is 0 Å². The van der Waals surface area contributed by atoms with Crippen molar-refractivity contribution in [3.63, 3.8) is 0 Å². The van der Waals surface area contributed by atoms with Gasteiger partial charge in [-0.3, -0.25) is 0 Å². The summed E-state index contributed by atoms with van der Waals surface area (Å²) in [5.41, 5.74) is 2.25. The molecule has 8 nitrogen and oxygen atoms in total. The lowest BCUT2D eigenvalue weighted by molar-refractivity contribution is 0.400. The van der Waals surface area contributed by atoms with Gasteiger partial charge in [0.15, 0.2) is 0 Å². The topological polar surface area (TPSA) is 96.4 Å². The van der Waals surface area contributed by atoms with Crippen LogP contribution in [0.25, 0.3) is 11.3 Å². The number of nitrogens with zero attached hydrogens (tertiary/aromatic N) is 3. The molecule has 0 saturated heterocycles. The Morgan fingerprint density at radius 3 is 2.55 bits per heavy atom. The summed E-state index contributed by atoms with van der Waals surface area (Å²) in [7, 11) is 1.94. The van der Waals surface area contributed by atoms with Crippen molar-refractivity contribution in [2.75, 3.05) is 39.6 Å². The fourth-order valence-electron chi connectivity index (χ4n) is 2.90. The van der Waals surface area contributed by atoms with E-state index in [0.29, 0.717) is 18.2 Å². The molecule has 1 heterocycles. The molecule has 0 radical (unpaired) electrons. The van der Waals surface area contributed by atoms with Crippen molar-refractivity contribution in [1.82, 2.24) is 19.6 Å². The average Bonchev–Trinajstić information content (AvgIpc) is 2.77. The molecule has 0 bridgehead atoms. The van der Waals surface area contributed by atoms with E-state index in [4.69, 9.17) is 4.74 Å². The van der Waals surface area contributed by atoms with E-state index in [1.165, 1.54) is 0 Å². The summed E-state index contributed by atoms with van der Waals surface area (Å²) in [5, 5.41) is 3.09. The van der Waals surface area contributed by atoms with Crippen LogP contribution in [0.15, 0.2) is 65.7 Å². The van der Waals surface area contributed by atoms with Crippen molar-refractivity contribution in [3.05, 3.63) is 60.8 Å². The van der Waals surface area contributed by atoms with Gasteiger partial charge in [0.2, 0.25) is 16.0 Å². The first-order valence-electron chi connectivity index (χ1n) is 9.86. The molecule has 0 aliphatic rings.